The number of nitrogens with zero attached hydrogens (tertiary/aromatic N) is 2. The van der Waals surface area contributed by atoms with E-state index in [4.69, 9.17) is 4.42 Å². The molecule has 1 aliphatic rings. The Morgan fingerprint density at radius 1 is 1.24 bits per heavy atom. The SMILES string of the molecule is CC.CC(C)c1cncc2nc(C3CC3)oc12. The Balaban J connectivity index is 0.000000514. The maximum atomic E-state index is 5.83. The molecular formula is C14H20N2O. The molecule has 2 aromatic rings. The third-order valence-corrected chi connectivity index (χ3v) is 2.89. The number of aromatic nitrogens is 2. The lowest BCUT2D eigenvalue weighted by Gasteiger charge is -2.02. The highest BCUT2D eigenvalue weighted by molar-refractivity contribution is 5.75. The van der Waals surface area contributed by atoms with Gasteiger partial charge in [-0.2, -0.15) is 0 Å². The third kappa shape index (κ3) is 2.33. The van der Waals surface area contributed by atoms with E-state index < -0.39 is 0 Å². The molecule has 17 heavy (non-hydrogen) atoms. The van der Waals surface area contributed by atoms with Crippen LogP contribution in [0.3, 0.4) is 0 Å². The van der Waals surface area contributed by atoms with E-state index in [1.165, 1.54) is 12.8 Å². The van der Waals surface area contributed by atoms with E-state index in [0.29, 0.717) is 11.8 Å². The molecule has 0 unspecified atom stereocenters. The third-order valence-electron chi connectivity index (χ3n) is 2.89. The molecule has 0 radical (unpaired) electrons. The second kappa shape index (κ2) is 4.86. The van der Waals surface area contributed by atoms with Crippen LogP contribution in [0.5, 0.6) is 0 Å². The van der Waals surface area contributed by atoms with Crippen LogP contribution >= 0.6 is 0 Å². The molecule has 0 N–H and O–H groups in total. The normalized spacial score (nSPS) is 14.9. The lowest BCUT2D eigenvalue weighted by molar-refractivity contribution is 0.528. The minimum absolute atomic E-state index is 0.432. The number of oxazole rings is 1. The van der Waals surface area contributed by atoms with E-state index >= 15 is 0 Å². The van der Waals surface area contributed by atoms with Crippen LogP contribution in [0.4, 0.5) is 0 Å². The molecule has 0 bridgehead atoms. The van der Waals surface area contributed by atoms with Crippen molar-refractivity contribution in [2.45, 2.75) is 52.4 Å². The Labute approximate surface area is 102 Å². The Hall–Kier alpha value is -1.38. The molecule has 0 atom stereocenters. The minimum atomic E-state index is 0.432. The second-order valence-electron chi connectivity index (χ2n) is 4.56. The van der Waals surface area contributed by atoms with Crippen molar-refractivity contribution >= 4 is 11.1 Å². The molecule has 3 rings (SSSR count). The number of hydrogen-bond donors (Lipinski definition) is 0. The molecule has 2 heterocycles. The molecule has 2 aromatic heterocycles. The summed E-state index contributed by atoms with van der Waals surface area (Å²) >= 11 is 0. The fourth-order valence-electron chi connectivity index (χ4n) is 1.81. The van der Waals surface area contributed by atoms with Gasteiger partial charge in [0.1, 0.15) is 5.52 Å². The average molecular weight is 232 g/mol. The zero-order valence-corrected chi connectivity index (χ0v) is 11.0. The summed E-state index contributed by atoms with van der Waals surface area (Å²) in [5, 5.41) is 0. The lowest BCUT2D eigenvalue weighted by atomic mass is 10.1. The summed E-state index contributed by atoms with van der Waals surface area (Å²) in [4.78, 5) is 8.69. The van der Waals surface area contributed by atoms with Gasteiger partial charge in [0.25, 0.3) is 0 Å². The topological polar surface area (TPSA) is 38.9 Å². The van der Waals surface area contributed by atoms with Gasteiger partial charge in [0.05, 0.1) is 6.20 Å². The summed E-state index contributed by atoms with van der Waals surface area (Å²) in [5.74, 6) is 1.90. The summed E-state index contributed by atoms with van der Waals surface area (Å²) in [6, 6.07) is 0. The predicted octanol–water partition coefficient (Wildman–Crippen LogP) is 4.25. The molecule has 3 heteroatoms. The average Bonchev–Trinajstić information content (AvgIpc) is 3.10. The summed E-state index contributed by atoms with van der Waals surface area (Å²) in [6.45, 7) is 8.30. The highest BCUT2D eigenvalue weighted by atomic mass is 16.3. The van der Waals surface area contributed by atoms with Crippen LogP contribution in [0.15, 0.2) is 16.8 Å². The van der Waals surface area contributed by atoms with E-state index in [2.05, 4.69) is 23.8 Å². The van der Waals surface area contributed by atoms with E-state index in [1.54, 1.807) is 6.20 Å². The van der Waals surface area contributed by atoms with Crippen LogP contribution in [0, 0.1) is 0 Å². The van der Waals surface area contributed by atoms with Crippen LogP contribution < -0.4 is 0 Å². The monoisotopic (exact) mass is 232 g/mol. The van der Waals surface area contributed by atoms with Crippen LogP contribution in [0.2, 0.25) is 0 Å². The van der Waals surface area contributed by atoms with Gasteiger partial charge < -0.3 is 4.42 Å². The molecule has 1 saturated carbocycles. The van der Waals surface area contributed by atoms with Crippen molar-refractivity contribution in [1.29, 1.82) is 0 Å². The molecule has 0 amide bonds. The summed E-state index contributed by atoms with van der Waals surface area (Å²) in [5.41, 5.74) is 3.00. The first-order valence-corrected chi connectivity index (χ1v) is 6.50. The molecular weight excluding hydrogens is 212 g/mol. The van der Waals surface area contributed by atoms with E-state index in [9.17, 15) is 0 Å². The lowest BCUT2D eigenvalue weighted by Crippen LogP contribution is -1.88. The molecule has 3 nitrogen and oxygen atoms in total. The van der Waals surface area contributed by atoms with Crippen LogP contribution in [0.1, 0.15) is 63.8 Å². The molecule has 92 valence electrons. The first-order valence-electron chi connectivity index (χ1n) is 6.50. The molecule has 0 spiro atoms. The molecule has 1 fully saturated rings. The van der Waals surface area contributed by atoms with Crippen molar-refractivity contribution in [1.82, 2.24) is 9.97 Å². The predicted molar refractivity (Wildman–Crippen MR) is 69.2 cm³/mol. The second-order valence-corrected chi connectivity index (χ2v) is 4.56. The van der Waals surface area contributed by atoms with Crippen LogP contribution in [0.25, 0.3) is 11.1 Å². The number of fused-ring (bicyclic) bond motifs is 1. The standard InChI is InChI=1S/C12H14N2O.C2H6/c1-7(2)9-5-13-6-10-11(9)15-12(14-10)8-3-4-8;1-2/h5-8H,3-4H2,1-2H3;1-2H3. The maximum absolute atomic E-state index is 5.83. The largest absolute Gasteiger partial charge is 0.440 e. The van der Waals surface area contributed by atoms with Crippen LogP contribution in [-0.4, -0.2) is 9.97 Å². The highest BCUT2D eigenvalue weighted by Gasteiger charge is 2.29. The number of hydrogen-bond acceptors (Lipinski definition) is 3. The van der Waals surface area contributed by atoms with Crippen molar-refractivity contribution in [2.24, 2.45) is 0 Å². The van der Waals surface area contributed by atoms with Gasteiger partial charge >= 0.3 is 0 Å². The fraction of sp³-hybridized carbons (Fsp3) is 0.571. The quantitative estimate of drug-likeness (QED) is 0.777. The van der Waals surface area contributed by atoms with Crippen molar-refractivity contribution in [3.05, 3.63) is 23.8 Å². The van der Waals surface area contributed by atoms with E-state index in [1.807, 2.05) is 20.0 Å². The van der Waals surface area contributed by atoms with Crippen molar-refractivity contribution < 1.29 is 4.42 Å². The van der Waals surface area contributed by atoms with Gasteiger partial charge in [-0.25, -0.2) is 4.98 Å². The van der Waals surface area contributed by atoms with Crippen molar-refractivity contribution in [3.63, 3.8) is 0 Å². The molecule has 1 aliphatic carbocycles. The van der Waals surface area contributed by atoms with E-state index in [-0.39, 0.29) is 0 Å². The highest BCUT2D eigenvalue weighted by Crippen LogP contribution is 2.41. The Morgan fingerprint density at radius 2 is 1.94 bits per heavy atom. The van der Waals surface area contributed by atoms with Gasteiger partial charge in [-0.1, -0.05) is 27.7 Å². The first-order chi connectivity index (χ1) is 8.25. The summed E-state index contributed by atoms with van der Waals surface area (Å²) < 4.78 is 5.83. The van der Waals surface area contributed by atoms with Gasteiger partial charge in [0.2, 0.25) is 0 Å². The number of pyridine rings is 1. The van der Waals surface area contributed by atoms with Crippen molar-refractivity contribution in [2.75, 3.05) is 0 Å². The van der Waals surface area contributed by atoms with Gasteiger partial charge in [-0.05, 0) is 18.8 Å². The molecule has 0 saturated heterocycles. The van der Waals surface area contributed by atoms with Gasteiger partial charge in [-0.3, -0.25) is 4.98 Å². The Bertz CT molecular complexity index is 498. The zero-order valence-electron chi connectivity index (χ0n) is 11.0. The van der Waals surface area contributed by atoms with Crippen molar-refractivity contribution in [3.8, 4) is 0 Å². The minimum Gasteiger partial charge on any atom is -0.440 e. The number of rotatable bonds is 2. The maximum Gasteiger partial charge on any atom is 0.198 e. The van der Waals surface area contributed by atoms with Gasteiger partial charge in [0.15, 0.2) is 11.5 Å². The fourth-order valence-corrected chi connectivity index (χ4v) is 1.81. The zero-order chi connectivity index (χ0) is 12.4. The van der Waals surface area contributed by atoms with E-state index in [0.717, 1.165) is 22.6 Å². The first kappa shape index (κ1) is 12.1. The van der Waals surface area contributed by atoms with Crippen LogP contribution in [-0.2, 0) is 0 Å². The van der Waals surface area contributed by atoms with Gasteiger partial charge in [0, 0.05) is 17.7 Å². The molecule has 0 aromatic carbocycles. The molecule has 0 aliphatic heterocycles. The van der Waals surface area contributed by atoms with Gasteiger partial charge in [-0.15, -0.1) is 0 Å². The summed E-state index contributed by atoms with van der Waals surface area (Å²) in [7, 11) is 0. The Kier molecular flexibility index (Phi) is 3.46. The summed E-state index contributed by atoms with van der Waals surface area (Å²) in [6.07, 6.45) is 6.11. The smallest absolute Gasteiger partial charge is 0.198 e. The Morgan fingerprint density at radius 3 is 2.53 bits per heavy atom.